The summed E-state index contributed by atoms with van der Waals surface area (Å²) in [4.78, 5) is 20.3. The molecule has 1 aromatic heterocycles. The summed E-state index contributed by atoms with van der Waals surface area (Å²) in [6, 6.07) is 4.76. The molecular weight excluding hydrogens is 425 g/mol. The average Bonchev–Trinajstić information content (AvgIpc) is 2.69. The number of hydrogen-bond acceptors (Lipinski definition) is 6. The van der Waals surface area contributed by atoms with Gasteiger partial charge in [-0.3, -0.25) is 9.79 Å². The van der Waals surface area contributed by atoms with Gasteiger partial charge >= 0.3 is 0 Å². The third-order valence-electron chi connectivity index (χ3n) is 4.39. The Morgan fingerprint density at radius 1 is 1.43 bits per heavy atom. The number of amides is 1. The van der Waals surface area contributed by atoms with Crippen LogP contribution in [0.3, 0.4) is 0 Å². The number of nitrogens with two attached hydrogens (primary N) is 1. The van der Waals surface area contributed by atoms with Crippen LogP contribution in [0.4, 0.5) is 18.9 Å². The third kappa shape index (κ3) is 4.40. The van der Waals surface area contributed by atoms with Gasteiger partial charge in [-0.1, -0.05) is 11.6 Å². The van der Waals surface area contributed by atoms with Crippen LogP contribution in [0.5, 0.6) is 0 Å². The Morgan fingerprint density at radius 2 is 2.20 bits per heavy atom. The highest BCUT2D eigenvalue weighted by Crippen LogP contribution is 2.38. The van der Waals surface area contributed by atoms with Crippen molar-refractivity contribution in [2.24, 2.45) is 10.7 Å². The van der Waals surface area contributed by atoms with E-state index in [1.807, 2.05) is 0 Å². The van der Waals surface area contributed by atoms with Gasteiger partial charge in [0.2, 0.25) is 0 Å². The number of carbonyl (C=O) groups is 1. The normalized spacial score (nSPS) is 18.9. The molecule has 2 aromatic rings. The number of anilines is 1. The SMILES string of the molecule is COCc1cnc(C(=O)Nc2ccc(F)c([C@]3(C(F)F)COCC(N)=N3)c2)c(Cl)c1. The molecule has 2 heterocycles. The van der Waals surface area contributed by atoms with Gasteiger partial charge in [-0.15, -0.1) is 0 Å². The number of halogens is 4. The molecule has 30 heavy (non-hydrogen) atoms. The van der Waals surface area contributed by atoms with Gasteiger partial charge in [-0.2, -0.15) is 0 Å². The number of amidine groups is 1. The van der Waals surface area contributed by atoms with Gasteiger partial charge in [0.25, 0.3) is 12.3 Å². The number of hydrogen-bond donors (Lipinski definition) is 2. The van der Waals surface area contributed by atoms with Crippen LogP contribution in [0.25, 0.3) is 0 Å². The number of carbonyl (C=O) groups excluding carboxylic acids is 1. The molecule has 160 valence electrons. The maximum absolute atomic E-state index is 14.5. The molecule has 1 amide bonds. The third-order valence-corrected chi connectivity index (χ3v) is 4.68. The fourth-order valence-electron chi connectivity index (χ4n) is 3.01. The van der Waals surface area contributed by atoms with Gasteiger partial charge in [-0.25, -0.2) is 18.2 Å². The van der Waals surface area contributed by atoms with E-state index in [-0.39, 0.29) is 35.5 Å². The van der Waals surface area contributed by atoms with Crippen molar-refractivity contribution in [3.8, 4) is 0 Å². The molecule has 0 radical (unpaired) electrons. The molecule has 0 spiro atoms. The zero-order chi connectivity index (χ0) is 21.9. The lowest BCUT2D eigenvalue weighted by Gasteiger charge is -2.33. The van der Waals surface area contributed by atoms with E-state index in [1.54, 1.807) is 0 Å². The first-order valence-corrected chi connectivity index (χ1v) is 9.09. The zero-order valence-electron chi connectivity index (χ0n) is 15.8. The minimum atomic E-state index is -3.10. The van der Waals surface area contributed by atoms with Crippen LogP contribution >= 0.6 is 11.6 Å². The molecule has 7 nitrogen and oxygen atoms in total. The van der Waals surface area contributed by atoms with Crippen LogP contribution < -0.4 is 11.1 Å². The molecule has 3 N–H and O–H groups in total. The van der Waals surface area contributed by atoms with E-state index in [1.165, 1.54) is 25.4 Å². The highest BCUT2D eigenvalue weighted by Gasteiger charge is 2.46. The van der Waals surface area contributed by atoms with Crippen LogP contribution in [0.1, 0.15) is 21.6 Å². The van der Waals surface area contributed by atoms with E-state index in [2.05, 4.69) is 15.3 Å². The summed E-state index contributed by atoms with van der Waals surface area (Å²) in [5, 5.41) is 2.55. The summed E-state index contributed by atoms with van der Waals surface area (Å²) >= 11 is 6.10. The lowest BCUT2D eigenvalue weighted by Crippen LogP contribution is -2.45. The van der Waals surface area contributed by atoms with Gasteiger partial charge < -0.3 is 20.5 Å². The number of alkyl halides is 2. The summed E-state index contributed by atoms with van der Waals surface area (Å²) in [5.41, 5.74) is 3.41. The number of pyridine rings is 1. The molecule has 1 aliphatic rings. The number of aromatic nitrogens is 1. The fraction of sp³-hybridized carbons (Fsp3) is 0.316. The monoisotopic (exact) mass is 442 g/mol. The van der Waals surface area contributed by atoms with E-state index in [9.17, 15) is 18.0 Å². The van der Waals surface area contributed by atoms with Crippen molar-refractivity contribution in [3.63, 3.8) is 0 Å². The fourth-order valence-corrected chi connectivity index (χ4v) is 3.29. The predicted molar refractivity (Wildman–Crippen MR) is 104 cm³/mol. The average molecular weight is 443 g/mol. The molecule has 0 aliphatic carbocycles. The van der Waals surface area contributed by atoms with Gasteiger partial charge in [0, 0.05) is 24.6 Å². The quantitative estimate of drug-likeness (QED) is 0.716. The number of ether oxygens (including phenoxy) is 2. The molecule has 1 aromatic carbocycles. The Morgan fingerprint density at radius 3 is 2.83 bits per heavy atom. The van der Waals surface area contributed by atoms with Crippen LogP contribution in [0.15, 0.2) is 35.5 Å². The lowest BCUT2D eigenvalue weighted by molar-refractivity contribution is -0.0145. The van der Waals surface area contributed by atoms with Crippen LogP contribution in [-0.2, 0) is 21.6 Å². The van der Waals surface area contributed by atoms with Gasteiger partial charge in [0.15, 0.2) is 5.54 Å². The Bertz CT molecular complexity index is 989. The van der Waals surface area contributed by atoms with Crippen molar-refractivity contribution < 1.29 is 27.4 Å². The Labute approximate surface area is 175 Å². The van der Waals surface area contributed by atoms with Crippen molar-refractivity contribution >= 4 is 29.0 Å². The van der Waals surface area contributed by atoms with Gasteiger partial charge in [0.05, 0.1) is 18.2 Å². The molecular formula is C19H18ClF3N4O3. The van der Waals surface area contributed by atoms with Crippen molar-refractivity contribution in [2.45, 2.75) is 18.6 Å². The molecule has 3 rings (SSSR count). The second kappa shape index (κ2) is 8.99. The smallest absolute Gasteiger partial charge is 0.275 e. The summed E-state index contributed by atoms with van der Waals surface area (Å²) < 4.78 is 52.3. The first-order valence-electron chi connectivity index (χ1n) is 8.71. The Kier molecular flexibility index (Phi) is 6.59. The summed E-state index contributed by atoms with van der Waals surface area (Å²) in [5.74, 6) is -1.81. The van der Waals surface area contributed by atoms with Crippen molar-refractivity contribution in [1.29, 1.82) is 0 Å². The number of methoxy groups -OCH3 is 1. The second-order valence-corrected chi connectivity index (χ2v) is 6.98. The Hall–Kier alpha value is -2.69. The second-order valence-electron chi connectivity index (χ2n) is 6.58. The van der Waals surface area contributed by atoms with Crippen LogP contribution in [0, 0.1) is 5.82 Å². The minimum absolute atomic E-state index is 0.0506. The lowest BCUT2D eigenvalue weighted by atomic mass is 9.90. The predicted octanol–water partition coefficient (Wildman–Crippen LogP) is 3.12. The number of benzene rings is 1. The molecule has 0 saturated heterocycles. The number of rotatable bonds is 6. The highest BCUT2D eigenvalue weighted by molar-refractivity contribution is 6.34. The van der Waals surface area contributed by atoms with E-state index >= 15 is 0 Å². The van der Waals surface area contributed by atoms with E-state index in [0.717, 1.165) is 12.1 Å². The molecule has 0 fully saturated rings. The zero-order valence-corrected chi connectivity index (χ0v) is 16.5. The summed E-state index contributed by atoms with van der Waals surface area (Å²) in [7, 11) is 1.50. The molecule has 11 heteroatoms. The summed E-state index contributed by atoms with van der Waals surface area (Å²) in [6.07, 6.45) is -1.68. The first kappa shape index (κ1) is 22.0. The standard InChI is InChI=1S/C19H18ClF3N4O3/c1-29-7-10-4-13(20)16(25-6-10)17(28)26-11-2-3-14(21)12(5-11)19(18(22)23)9-30-8-15(24)27-19/h2-6,18H,7-9H2,1H3,(H2,24,27)(H,26,28)/t19-/m0/s1. The van der Waals surface area contributed by atoms with Crippen molar-refractivity contribution in [1.82, 2.24) is 4.98 Å². The van der Waals surface area contributed by atoms with E-state index in [4.69, 9.17) is 26.8 Å². The molecule has 0 bridgehead atoms. The van der Waals surface area contributed by atoms with E-state index < -0.39 is 35.9 Å². The largest absolute Gasteiger partial charge is 0.385 e. The maximum atomic E-state index is 14.5. The van der Waals surface area contributed by atoms with E-state index in [0.29, 0.717) is 5.56 Å². The van der Waals surface area contributed by atoms with Gasteiger partial charge in [-0.05, 0) is 29.8 Å². The van der Waals surface area contributed by atoms with Crippen LogP contribution in [-0.4, -0.2) is 43.5 Å². The van der Waals surface area contributed by atoms with Crippen molar-refractivity contribution in [3.05, 3.63) is 58.1 Å². The molecule has 1 aliphatic heterocycles. The number of nitrogens with zero attached hydrogens (tertiary/aromatic N) is 2. The topological polar surface area (TPSA) is 98.8 Å². The van der Waals surface area contributed by atoms with Crippen molar-refractivity contribution in [2.75, 3.05) is 25.6 Å². The minimum Gasteiger partial charge on any atom is -0.385 e. The van der Waals surface area contributed by atoms with Crippen LogP contribution in [0.2, 0.25) is 5.02 Å². The first-order chi connectivity index (χ1) is 14.3. The number of nitrogens with one attached hydrogen (secondary N) is 1. The van der Waals surface area contributed by atoms with Gasteiger partial charge in [0.1, 0.15) is 24.0 Å². The Balaban J connectivity index is 1.92. The maximum Gasteiger partial charge on any atom is 0.275 e. The molecule has 1 atom stereocenters. The number of aliphatic imine (C=N–C) groups is 1. The summed E-state index contributed by atoms with van der Waals surface area (Å²) in [6.45, 7) is -0.429. The molecule has 0 unspecified atom stereocenters. The highest BCUT2D eigenvalue weighted by atomic mass is 35.5. The molecule has 0 saturated carbocycles.